The number of benzene rings is 2. The lowest BCUT2D eigenvalue weighted by molar-refractivity contribution is 0.0983. The highest BCUT2D eigenvalue weighted by molar-refractivity contribution is 9.10. The minimum absolute atomic E-state index is 0.202. The molecule has 2 aromatic rings. The number of Topliss-reactive ketones (excluding diaryl/α,β-unsaturated/α-hetero) is 1. The van der Waals surface area contributed by atoms with Gasteiger partial charge in [0.15, 0.2) is 5.78 Å². The van der Waals surface area contributed by atoms with Crippen molar-refractivity contribution < 1.29 is 4.79 Å². The quantitative estimate of drug-likeness (QED) is 0.734. The van der Waals surface area contributed by atoms with Gasteiger partial charge in [0.2, 0.25) is 0 Å². The van der Waals surface area contributed by atoms with Crippen molar-refractivity contribution in [3.63, 3.8) is 0 Å². The summed E-state index contributed by atoms with van der Waals surface area (Å²) in [6.07, 6.45) is 1.37. The van der Waals surface area contributed by atoms with E-state index in [2.05, 4.69) is 48.0 Å². The van der Waals surface area contributed by atoms with Crippen molar-refractivity contribution in [2.75, 3.05) is 0 Å². The molecular weight excluding hydrogens is 300 g/mol. The number of carbonyl (C=O) groups is 1. The SMILES string of the molecule is Cc1cccc(CCC(=O)c2ccc(Br)cc2)c1C. The van der Waals surface area contributed by atoms with Gasteiger partial charge < -0.3 is 0 Å². The van der Waals surface area contributed by atoms with Crippen LogP contribution in [0.5, 0.6) is 0 Å². The van der Waals surface area contributed by atoms with Gasteiger partial charge in [-0.15, -0.1) is 0 Å². The number of rotatable bonds is 4. The summed E-state index contributed by atoms with van der Waals surface area (Å²) in [5, 5.41) is 0. The van der Waals surface area contributed by atoms with E-state index in [1.807, 2.05) is 24.3 Å². The molecule has 0 radical (unpaired) electrons. The van der Waals surface area contributed by atoms with Gasteiger partial charge in [0.05, 0.1) is 0 Å². The fourth-order valence-electron chi connectivity index (χ4n) is 2.11. The third-order valence-corrected chi connectivity index (χ3v) is 4.03. The molecule has 0 unspecified atom stereocenters. The van der Waals surface area contributed by atoms with E-state index in [-0.39, 0.29) is 5.78 Å². The lowest BCUT2D eigenvalue weighted by Gasteiger charge is -2.08. The normalized spacial score (nSPS) is 10.5. The van der Waals surface area contributed by atoms with Gasteiger partial charge in [-0.25, -0.2) is 0 Å². The van der Waals surface area contributed by atoms with Crippen molar-refractivity contribution >= 4 is 21.7 Å². The Morgan fingerprint density at radius 3 is 2.42 bits per heavy atom. The molecule has 0 heterocycles. The average Bonchev–Trinajstić information content (AvgIpc) is 2.41. The van der Waals surface area contributed by atoms with Crippen molar-refractivity contribution in [3.8, 4) is 0 Å². The van der Waals surface area contributed by atoms with Gasteiger partial charge in [0.25, 0.3) is 0 Å². The highest BCUT2D eigenvalue weighted by Crippen LogP contribution is 2.17. The summed E-state index contributed by atoms with van der Waals surface area (Å²) in [5.41, 5.74) is 4.64. The minimum atomic E-state index is 0.202. The van der Waals surface area contributed by atoms with E-state index in [1.54, 1.807) is 0 Å². The highest BCUT2D eigenvalue weighted by Gasteiger charge is 2.07. The molecule has 0 aliphatic heterocycles. The number of ketones is 1. The van der Waals surface area contributed by atoms with Gasteiger partial charge in [-0.3, -0.25) is 4.79 Å². The number of aryl methyl sites for hydroxylation is 2. The van der Waals surface area contributed by atoms with Crippen LogP contribution in [-0.4, -0.2) is 5.78 Å². The average molecular weight is 317 g/mol. The van der Waals surface area contributed by atoms with Crippen LogP contribution in [0.3, 0.4) is 0 Å². The first-order valence-electron chi connectivity index (χ1n) is 6.42. The topological polar surface area (TPSA) is 17.1 Å². The van der Waals surface area contributed by atoms with Gasteiger partial charge in [0, 0.05) is 16.5 Å². The van der Waals surface area contributed by atoms with E-state index in [0.29, 0.717) is 6.42 Å². The minimum Gasteiger partial charge on any atom is -0.294 e. The molecule has 0 saturated heterocycles. The zero-order valence-electron chi connectivity index (χ0n) is 11.2. The molecule has 98 valence electrons. The summed E-state index contributed by atoms with van der Waals surface area (Å²) in [6.45, 7) is 4.23. The van der Waals surface area contributed by atoms with E-state index in [9.17, 15) is 4.79 Å². The second-order valence-corrected chi connectivity index (χ2v) is 5.70. The molecule has 0 amide bonds. The first kappa shape index (κ1) is 14.0. The van der Waals surface area contributed by atoms with Gasteiger partial charge in [0.1, 0.15) is 0 Å². The maximum Gasteiger partial charge on any atom is 0.163 e. The molecule has 0 aliphatic carbocycles. The van der Waals surface area contributed by atoms with E-state index in [1.165, 1.54) is 16.7 Å². The van der Waals surface area contributed by atoms with E-state index >= 15 is 0 Å². The molecule has 0 atom stereocenters. The molecule has 0 N–H and O–H groups in total. The maximum absolute atomic E-state index is 12.1. The zero-order valence-corrected chi connectivity index (χ0v) is 12.8. The highest BCUT2D eigenvalue weighted by atomic mass is 79.9. The summed E-state index contributed by atoms with van der Waals surface area (Å²) in [5.74, 6) is 0.202. The lowest BCUT2D eigenvalue weighted by atomic mass is 9.97. The zero-order chi connectivity index (χ0) is 13.8. The second-order valence-electron chi connectivity index (χ2n) is 4.79. The molecule has 0 spiro atoms. The third kappa shape index (κ3) is 3.54. The Kier molecular flexibility index (Phi) is 4.54. The molecular formula is C17H17BrO. The molecule has 0 fully saturated rings. The van der Waals surface area contributed by atoms with Crippen molar-refractivity contribution in [2.45, 2.75) is 26.7 Å². The van der Waals surface area contributed by atoms with E-state index in [4.69, 9.17) is 0 Å². The van der Waals surface area contributed by atoms with Crippen LogP contribution >= 0.6 is 15.9 Å². The Balaban J connectivity index is 2.04. The Labute approximate surface area is 122 Å². The first-order chi connectivity index (χ1) is 9.08. The Morgan fingerprint density at radius 2 is 1.74 bits per heavy atom. The predicted molar refractivity (Wildman–Crippen MR) is 82.7 cm³/mol. The second kappa shape index (κ2) is 6.16. The Morgan fingerprint density at radius 1 is 1.05 bits per heavy atom. The molecule has 0 aromatic heterocycles. The van der Waals surface area contributed by atoms with Crippen LogP contribution in [-0.2, 0) is 6.42 Å². The van der Waals surface area contributed by atoms with Crippen molar-refractivity contribution in [2.24, 2.45) is 0 Å². The Bertz CT molecular complexity index is 585. The number of carbonyl (C=O) groups excluding carboxylic acids is 1. The van der Waals surface area contributed by atoms with Crippen LogP contribution in [0.15, 0.2) is 46.9 Å². The molecule has 2 heteroatoms. The molecule has 2 rings (SSSR count). The monoisotopic (exact) mass is 316 g/mol. The van der Waals surface area contributed by atoms with Gasteiger partial charge in [-0.05, 0) is 49.1 Å². The van der Waals surface area contributed by atoms with Crippen LogP contribution in [0.1, 0.15) is 33.5 Å². The molecule has 0 bridgehead atoms. The van der Waals surface area contributed by atoms with Crippen LogP contribution in [0.25, 0.3) is 0 Å². The Hall–Kier alpha value is -1.41. The molecule has 2 aromatic carbocycles. The summed E-state index contributed by atoms with van der Waals surface area (Å²) in [4.78, 5) is 12.1. The summed E-state index contributed by atoms with van der Waals surface area (Å²) in [6, 6.07) is 13.8. The first-order valence-corrected chi connectivity index (χ1v) is 7.21. The van der Waals surface area contributed by atoms with Crippen molar-refractivity contribution in [3.05, 3.63) is 69.2 Å². The molecule has 0 aliphatic rings. The predicted octanol–water partition coefficient (Wildman–Crippen LogP) is 4.88. The standard InChI is InChI=1S/C17H17BrO/c1-12-4-3-5-14(13(12)2)8-11-17(19)15-6-9-16(18)10-7-15/h3-7,9-10H,8,11H2,1-2H3. The maximum atomic E-state index is 12.1. The van der Waals surface area contributed by atoms with Crippen molar-refractivity contribution in [1.29, 1.82) is 0 Å². The number of halogens is 1. The van der Waals surface area contributed by atoms with Crippen LogP contribution in [0, 0.1) is 13.8 Å². The molecule has 19 heavy (non-hydrogen) atoms. The number of hydrogen-bond acceptors (Lipinski definition) is 1. The van der Waals surface area contributed by atoms with Gasteiger partial charge in [-0.1, -0.05) is 46.3 Å². The lowest BCUT2D eigenvalue weighted by Crippen LogP contribution is -2.02. The van der Waals surface area contributed by atoms with Crippen LogP contribution in [0.2, 0.25) is 0 Å². The fourth-order valence-corrected chi connectivity index (χ4v) is 2.38. The fraction of sp³-hybridized carbons (Fsp3) is 0.235. The summed E-state index contributed by atoms with van der Waals surface area (Å²) in [7, 11) is 0. The third-order valence-electron chi connectivity index (χ3n) is 3.50. The smallest absolute Gasteiger partial charge is 0.163 e. The summed E-state index contributed by atoms with van der Waals surface area (Å²) >= 11 is 3.38. The number of hydrogen-bond donors (Lipinski definition) is 0. The van der Waals surface area contributed by atoms with Crippen LogP contribution < -0.4 is 0 Å². The van der Waals surface area contributed by atoms with Gasteiger partial charge >= 0.3 is 0 Å². The van der Waals surface area contributed by atoms with Gasteiger partial charge in [-0.2, -0.15) is 0 Å². The largest absolute Gasteiger partial charge is 0.294 e. The van der Waals surface area contributed by atoms with Crippen molar-refractivity contribution in [1.82, 2.24) is 0 Å². The summed E-state index contributed by atoms with van der Waals surface area (Å²) < 4.78 is 0.999. The van der Waals surface area contributed by atoms with E-state index < -0.39 is 0 Å². The van der Waals surface area contributed by atoms with E-state index in [0.717, 1.165) is 16.5 Å². The molecule has 0 saturated carbocycles. The molecule has 1 nitrogen and oxygen atoms in total. The van der Waals surface area contributed by atoms with Crippen LogP contribution in [0.4, 0.5) is 0 Å².